The highest BCUT2D eigenvalue weighted by Crippen LogP contribution is 2.68. The summed E-state index contributed by atoms with van der Waals surface area (Å²) in [6.07, 6.45) is 10.4. The van der Waals surface area contributed by atoms with Crippen molar-refractivity contribution in [2.45, 2.75) is 90.6 Å². The fourth-order valence-electron chi connectivity index (χ4n) is 8.63. The molecule has 0 radical (unpaired) electrons. The fraction of sp³-hybridized carbons (Fsp3) is 0.923. The molecule has 4 heteroatoms. The van der Waals surface area contributed by atoms with Crippen LogP contribution in [0.15, 0.2) is 11.6 Å². The molecule has 3 fully saturated rings. The lowest BCUT2D eigenvalue weighted by Gasteiger charge is -2.61. The van der Waals surface area contributed by atoms with Gasteiger partial charge in [-0.15, -0.1) is 0 Å². The van der Waals surface area contributed by atoms with Crippen molar-refractivity contribution in [3.63, 3.8) is 0 Å². The van der Waals surface area contributed by atoms with Gasteiger partial charge >= 0.3 is 0 Å². The predicted molar refractivity (Wildman–Crippen MR) is 119 cm³/mol. The number of ether oxygens (including phenoxy) is 3. The Kier molecular flexibility index (Phi) is 5.97. The van der Waals surface area contributed by atoms with E-state index in [1.807, 2.05) is 14.0 Å². The largest absolute Gasteiger partial charge is 0.393 e. The first kappa shape index (κ1) is 22.8. The molecule has 4 nitrogen and oxygen atoms in total. The van der Waals surface area contributed by atoms with Crippen LogP contribution in [0, 0.1) is 40.4 Å². The van der Waals surface area contributed by atoms with E-state index < -0.39 is 5.79 Å². The van der Waals surface area contributed by atoms with Crippen LogP contribution in [-0.2, 0) is 14.2 Å². The molecule has 30 heavy (non-hydrogen) atoms. The van der Waals surface area contributed by atoms with E-state index in [2.05, 4.69) is 26.8 Å². The molecule has 172 valence electrons. The Morgan fingerprint density at radius 2 is 1.73 bits per heavy atom. The normalized spacial score (nSPS) is 46.9. The lowest BCUT2D eigenvalue weighted by molar-refractivity contribution is -0.253. The molecule has 4 aliphatic rings. The number of aliphatic hydroxyl groups excluding tert-OH is 1. The number of hydrogen-bond donors (Lipinski definition) is 1. The summed E-state index contributed by atoms with van der Waals surface area (Å²) in [6, 6.07) is 0. The van der Waals surface area contributed by atoms with Crippen LogP contribution in [0.4, 0.5) is 0 Å². The Balaban J connectivity index is 1.67. The molecule has 0 bridgehead atoms. The van der Waals surface area contributed by atoms with E-state index in [1.165, 1.54) is 37.7 Å². The molecule has 3 saturated carbocycles. The van der Waals surface area contributed by atoms with E-state index in [-0.39, 0.29) is 17.6 Å². The van der Waals surface area contributed by atoms with Gasteiger partial charge in [0.2, 0.25) is 0 Å². The van der Waals surface area contributed by atoms with E-state index in [9.17, 15) is 5.11 Å². The summed E-state index contributed by atoms with van der Waals surface area (Å²) < 4.78 is 17.9. The quantitative estimate of drug-likeness (QED) is 0.491. The van der Waals surface area contributed by atoms with Crippen LogP contribution < -0.4 is 0 Å². The standard InChI is InChI=1S/C26H44O4/c1-16(17(2)27)20-10-11-21-19-9-8-18-14-26(29-6,30-7)15-23(28-5)25(18,4)22(19)12-13-24(20,21)3/h8,16-17,19-23,27H,9-15H2,1-7H3/t16-,17?,19-,20+,21-,22-,23-,24+,25-/m0/s1. The topological polar surface area (TPSA) is 47.9 Å². The first-order valence-electron chi connectivity index (χ1n) is 12.2. The van der Waals surface area contributed by atoms with E-state index >= 15 is 0 Å². The van der Waals surface area contributed by atoms with Crippen molar-refractivity contribution < 1.29 is 19.3 Å². The lowest BCUT2D eigenvalue weighted by Crippen LogP contribution is -2.59. The van der Waals surface area contributed by atoms with E-state index in [4.69, 9.17) is 14.2 Å². The second-order valence-corrected chi connectivity index (χ2v) is 11.4. The van der Waals surface area contributed by atoms with Gasteiger partial charge in [0, 0.05) is 39.6 Å². The molecule has 1 unspecified atom stereocenters. The van der Waals surface area contributed by atoms with Gasteiger partial charge in [-0.05, 0) is 74.0 Å². The van der Waals surface area contributed by atoms with Gasteiger partial charge in [-0.3, -0.25) is 0 Å². The molecule has 9 atom stereocenters. The molecule has 4 aliphatic carbocycles. The molecule has 0 aliphatic heterocycles. The Morgan fingerprint density at radius 3 is 2.33 bits per heavy atom. The third kappa shape index (κ3) is 3.08. The van der Waals surface area contributed by atoms with Crippen LogP contribution in [0.25, 0.3) is 0 Å². The van der Waals surface area contributed by atoms with Gasteiger partial charge in [0.25, 0.3) is 0 Å². The molecule has 0 amide bonds. The average molecular weight is 421 g/mol. The molecule has 0 saturated heterocycles. The first-order valence-corrected chi connectivity index (χ1v) is 12.2. The molecule has 0 heterocycles. The summed E-state index contributed by atoms with van der Waals surface area (Å²) in [5, 5.41) is 10.3. The van der Waals surface area contributed by atoms with Crippen LogP contribution in [0.3, 0.4) is 0 Å². The zero-order valence-corrected chi connectivity index (χ0v) is 20.2. The van der Waals surface area contributed by atoms with Crippen molar-refractivity contribution in [2.75, 3.05) is 21.3 Å². The molecule has 0 aromatic rings. The van der Waals surface area contributed by atoms with Crippen molar-refractivity contribution in [1.29, 1.82) is 0 Å². The summed E-state index contributed by atoms with van der Waals surface area (Å²) in [4.78, 5) is 0. The third-order valence-corrected chi connectivity index (χ3v) is 10.7. The van der Waals surface area contributed by atoms with E-state index in [0.717, 1.165) is 24.7 Å². The Morgan fingerprint density at radius 1 is 1.03 bits per heavy atom. The Bertz CT molecular complexity index is 668. The second-order valence-electron chi connectivity index (χ2n) is 11.4. The SMILES string of the molecule is CO[C@H]1CC(OC)(OC)CC2=CC[C@H]3[C@@H]4CC[C@H]([C@@H](C)C(C)O)[C@@]4(C)CC[C@@H]3[C@]21C. The molecular formula is C26H44O4. The maximum atomic E-state index is 10.3. The number of rotatable bonds is 5. The Labute approximate surface area is 183 Å². The van der Waals surface area contributed by atoms with Crippen molar-refractivity contribution in [2.24, 2.45) is 40.4 Å². The highest BCUT2D eigenvalue weighted by Gasteiger charge is 2.63. The van der Waals surface area contributed by atoms with Crippen LogP contribution in [0.1, 0.15) is 72.6 Å². The van der Waals surface area contributed by atoms with Crippen molar-refractivity contribution in [1.82, 2.24) is 0 Å². The number of aliphatic hydroxyl groups is 1. The van der Waals surface area contributed by atoms with Crippen LogP contribution >= 0.6 is 0 Å². The van der Waals surface area contributed by atoms with Crippen molar-refractivity contribution in [3.05, 3.63) is 11.6 Å². The predicted octanol–water partition coefficient (Wildman–Crippen LogP) is 5.20. The lowest BCUT2D eigenvalue weighted by atomic mass is 9.46. The van der Waals surface area contributed by atoms with Gasteiger partial charge in [0.1, 0.15) is 0 Å². The molecule has 0 spiro atoms. The third-order valence-electron chi connectivity index (χ3n) is 10.7. The molecule has 0 aromatic carbocycles. The van der Waals surface area contributed by atoms with Crippen LogP contribution in [0.2, 0.25) is 0 Å². The number of allylic oxidation sites excluding steroid dienone is 1. The van der Waals surface area contributed by atoms with Gasteiger partial charge in [0.15, 0.2) is 5.79 Å². The summed E-state index contributed by atoms with van der Waals surface area (Å²) in [6.45, 7) is 9.26. The van der Waals surface area contributed by atoms with Crippen LogP contribution in [-0.4, -0.2) is 44.4 Å². The van der Waals surface area contributed by atoms with Gasteiger partial charge in [0.05, 0.1) is 12.2 Å². The van der Waals surface area contributed by atoms with Crippen molar-refractivity contribution >= 4 is 0 Å². The minimum atomic E-state index is -0.562. The van der Waals surface area contributed by atoms with Crippen molar-refractivity contribution in [3.8, 4) is 0 Å². The fourth-order valence-corrected chi connectivity index (χ4v) is 8.63. The minimum absolute atomic E-state index is 0.0630. The summed E-state index contributed by atoms with van der Waals surface area (Å²) in [5.74, 6) is 2.60. The molecular weight excluding hydrogens is 376 g/mol. The maximum Gasteiger partial charge on any atom is 0.173 e. The van der Waals surface area contributed by atoms with Gasteiger partial charge < -0.3 is 19.3 Å². The summed E-state index contributed by atoms with van der Waals surface area (Å²) in [7, 11) is 5.39. The monoisotopic (exact) mass is 420 g/mol. The zero-order valence-electron chi connectivity index (χ0n) is 20.2. The van der Waals surface area contributed by atoms with E-state index in [0.29, 0.717) is 23.2 Å². The number of hydrogen-bond acceptors (Lipinski definition) is 4. The minimum Gasteiger partial charge on any atom is -0.393 e. The summed E-state index contributed by atoms with van der Waals surface area (Å²) in [5.41, 5.74) is 1.91. The highest BCUT2D eigenvalue weighted by molar-refractivity contribution is 5.29. The van der Waals surface area contributed by atoms with Gasteiger partial charge in [-0.1, -0.05) is 32.4 Å². The molecule has 4 rings (SSSR count). The number of methoxy groups -OCH3 is 3. The second kappa shape index (κ2) is 7.86. The zero-order chi connectivity index (χ0) is 21.9. The van der Waals surface area contributed by atoms with Gasteiger partial charge in [-0.2, -0.15) is 0 Å². The van der Waals surface area contributed by atoms with Gasteiger partial charge in [-0.25, -0.2) is 0 Å². The Hall–Kier alpha value is -0.420. The smallest absolute Gasteiger partial charge is 0.173 e. The van der Waals surface area contributed by atoms with E-state index in [1.54, 1.807) is 14.2 Å². The summed E-state index contributed by atoms with van der Waals surface area (Å²) >= 11 is 0. The average Bonchev–Trinajstić information content (AvgIpc) is 3.09. The first-order chi connectivity index (χ1) is 14.2. The highest BCUT2D eigenvalue weighted by atomic mass is 16.7. The number of fused-ring (bicyclic) bond motifs is 5. The maximum absolute atomic E-state index is 10.3. The van der Waals surface area contributed by atoms with Crippen LogP contribution in [0.5, 0.6) is 0 Å². The molecule has 0 aromatic heterocycles. The molecule has 1 N–H and O–H groups in total.